The quantitative estimate of drug-likeness (QED) is 0.409. The van der Waals surface area contributed by atoms with Crippen LogP contribution in [0.15, 0.2) is 22.3 Å². The number of carbonyl (C=O) groups is 1. The molecule has 0 aromatic carbocycles. The lowest BCUT2D eigenvalue weighted by atomic mass is 9.91. The lowest BCUT2D eigenvalue weighted by molar-refractivity contribution is -0.154. The van der Waals surface area contributed by atoms with E-state index in [0.29, 0.717) is 0 Å². The molecule has 2 fully saturated rings. The van der Waals surface area contributed by atoms with Crippen LogP contribution in [0, 0.1) is 6.92 Å². The van der Waals surface area contributed by atoms with Crippen molar-refractivity contribution in [1.82, 2.24) is 0 Å². The van der Waals surface area contributed by atoms with E-state index >= 15 is 0 Å². The molecule has 0 saturated carbocycles. The van der Waals surface area contributed by atoms with Gasteiger partial charge in [0.05, 0.1) is 6.26 Å². The van der Waals surface area contributed by atoms with Crippen LogP contribution in [-0.4, -0.2) is 17.7 Å². The number of allylic oxidation sites excluding steroid dienone is 2. The van der Waals surface area contributed by atoms with Crippen molar-refractivity contribution in [1.29, 1.82) is 0 Å². The molecule has 0 radical (unpaired) electrons. The summed E-state index contributed by atoms with van der Waals surface area (Å²) in [5.74, 6) is 0.694. The number of aryl methyl sites for hydroxylation is 1. The molecular formula is C15H16O4. The second kappa shape index (κ2) is 3.51. The predicted molar refractivity (Wildman–Crippen MR) is 66.6 cm³/mol. The summed E-state index contributed by atoms with van der Waals surface area (Å²) in [5, 5.41) is 0. The molecule has 0 spiro atoms. The minimum atomic E-state index is -0.681. The first kappa shape index (κ1) is 11.3. The fourth-order valence-electron chi connectivity index (χ4n) is 3.34. The summed E-state index contributed by atoms with van der Waals surface area (Å²) in [5.41, 5.74) is 2.62. The van der Waals surface area contributed by atoms with Crippen LogP contribution in [-0.2, 0) is 20.7 Å². The third kappa shape index (κ3) is 1.40. The zero-order valence-electron chi connectivity index (χ0n) is 11.1. The lowest BCUT2D eigenvalue weighted by Crippen LogP contribution is -2.22. The number of fused-ring (bicyclic) bond motifs is 2. The van der Waals surface area contributed by atoms with Crippen molar-refractivity contribution >= 4 is 5.97 Å². The molecule has 19 heavy (non-hydrogen) atoms. The summed E-state index contributed by atoms with van der Waals surface area (Å²) in [4.78, 5) is 12.1. The molecule has 1 aromatic rings. The molecule has 2 unspecified atom stereocenters. The van der Waals surface area contributed by atoms with Crippen molar-refractivity contribution in [2.75, 3.05) is 0 Å². The number of carbonyl (C=O) groups excluding carboxylic acids is 1. The Labute approximate surface area is 111 Å². The van der Waals surface area contributed by atoms with Crippen molar-refractivity contribution in [3.8, 4) is 0 Å². The van der Waals surface area contributed by atoms with Gasteiger partial charge in [0.25, 0.3) is 0 Å². The Morgan fingerprint density at radius 1 is 1.37 bits per heavy atom. The minimum absolute atomic E-state index is 0.123. The molecule has 4 nitrogen and oxygen atoms in total. The van der Waals surface area contributed by atoms with E-state index < -0.39 is 5.60 Å². The van der Waals surface area contributed by atoms with Gasteiger partial charge >= 0.3 is 5.97 Å². The summed E-state index contributed by atoms with van der Waals surface area (Å²) in [6, 6.07) is 0. The molecule has 1 aromatic heterocycles. The van der Waals surface area contributed by atoms with Gasteiger partial charge in [0, 0.05) is 12.0 Å². The SMILES string of the molecule is CC1=CCC[C@]23OC2C(OC3=O)c2c(C)coc2C1. The Morgan fingerprint density at radius 3 is 3.00 bits per heavy atom. The smallest absolute Gasteiger partial charge is 0.342 e. The summed E-state index contributed by atoms with van der Waals surface area (Å²) in [7, 11) is 0. The number of rotatable bonds is 0. The maximum absolute atomic E-state index is 12.1. The lowest BCUT2D eigenvalue weighted by Gasteiger charge is -2.13. The van der Waals surface area contributed by atoms with Gasteiger partial charge in [0.1, 0.15) is 11.9 Å². The van der Waals surface area contributed by atoms with Crippen LogP contribution in [0.3, 0.4) is 0 Å². The molecule has 4 rings (SSSR count). The standard InChI is InChI=1S/C15H16O4/c1-8-4-3-5-15-13(19-15)12(18-14(15)16)11-9(2)7-17-10(11)6-8/h4,7,12-13H,3,5-6H2,1-2H3/t12?,13?,15-/m0/s1. The Morgan fingerprint density at radius 2 is 2.21 bits per heavy atom. The predicted octanol–water partition coefficient (Wildman–Crippen LogP) is 2.61. The van der Waals surface area contributed by atoms with E-state index in [4.69, 9.17) is 13.9 Å². The normalized spacial score (nSPS) is 36.1. The van der Waals surface area contributed by atoms with Crippen LogP contribution < -0.4 is 0 Å². The third-order valence-electron chi connectivity index (χ3n) is 4.43. The van der Waals surface area contributed by atoms with Crippen LogP contribution in [0.4, 0.5) is 0 Å². The Balaban J connectivity index is 1.85. The molecule has 4 heteroatoms. The number of esters is 1. The third-order valence-corrected chi connectivity index (χ3v) is 4.43. The Kier molecular flexibility index (Phi) is 2.09. The van der Waals surface area contributed by atoms with Crippen molar-refractivity contribution in [3.05, 3.63) is 34.8 Å². The number of hydrogen-bond acceptors (Lipinski definition) is 4. The number of hydrogen-bond donors (Lipinski definition) is 0. The van der Waals surface area contributed by atoms with Crippen LogP contribution in [0.1, 0.15) is 42.8 Å². The minimum Gasteiger partial charge on any atom is -0.468 e. The van der Waals surface area contributed by atoms with Gasteiger partial charge in [-0.3, -0.25) is 0 Å². The first-order valence-corrected chi connectivity index (χ1v) is 6.73. The van der Waals surface area contributed by atoms with Gasteiger partial charge in [0.2, 0.25) is 0 Å². The summed E-state index contributed by atoms with van der Waals surface area (Å²) >= 11 is 0. The van der Waals surface area contributed by atoms with Gasteiger partial charge in [-0.05, 0) is 32.3 Å². The maximum Gasteiger partial charge on any atom is 0.342 e. The molecule has 100 valence electrons. The van der Waals surface area contributed by atoms with Gasteiger partial charge in [-0.2, -0.15) is 0 Å². The Hall–Kier alpha value is -1.55. The van der Waals surface area contributed by atoms with Gasteiger partial charge in [-0.1, -0.05) is 11.6 Å². The van der Waals surface area contributed by atoms with E-state index in [-0.39, 0.29) is 18.2 Å². The van der Waals surface area contributed by atoms with E-state index in [9.17, 15) is 4.79 Å². The zero-order chi connectivity index (χ0) is 13.2. The van der Waals surface area contributed by atoms with Gasteiger partial charge < -0.3 is 13.9 Å². The highest BCUT2D eigenvalue weighted by molar-refractivity contribution is 5.87. The first-order chi connectivity index (χ1) is 9.12. The molecule has 3 atom stereocenters. The van der Waals surface area contributed by atoms with Gasteiger partial charge in [0.15, 0.2) is 11.7 Å². The van der Waals surface area contributed by atoms with Crippen LogP contribution in [0.25, 0.3) is 0 Å². The number of furan rings is 1. The molecule has 3 aliphatic rings. The van der Waals surface area contributed by atoms with Crippen molar-refractivity contribution in [3.63, 3.8) is 0 Å². The van der Waals surface area contributed by atoms with Crippen molar-refractivity contribution in [2.45, 2.75) is 50.9 Å². The molecule has 0 N–H and O–H groups in total. The largest absolute Gasteiger partial charge is 0.468 e. The van der Waals surface area contributed by atoms with Crippen LogP contribution in [0.2, 0.25) is 0 Å². The van der Waals surface area contributed by atoms with E-state index in [2.05, 4.69) is 13.0 Å². The highest BCUT2D eigenvalue weighted by atomic mass is 16.7. The highest BCUT2D eigenvalue weighted by Gasteiger charge is 2.73. The highest BCUT2D eigenvalue weighted by Crippen LogP contribution is 2.57. The fourth-order valence-corrected chi connectivity index (χ4v) is 3.34. The Bertz CT molecular complexity index is 597. The van der Waals surface area contributed by atoms with Crippen LogP contribution >= 0.6 is 0 Å². The van der Waals surface area contributed by atoms with E-state index in [1.807, 2.05) is 6.92 Å². The maximum atomic E-state index is 12.1. The molecule has 2 aliphatic heterocycles. The average Bonchev–Trinajstić information content (AvgIpc) is 2.91. The van der Waals surface area contributed by atoms with Gasteiger partial charge in [-0.25, -0.2) is 4.79 Å². The van der Waals surface area contributed by atoms with Gasteiger partial charge in [-0.15, -0.1) is 0 Å². The molecule has 3 heterocycles. The first-order valence-electron chi connectivity index (χ1n) is 6.73. The topological polar surface area (TPSA) is 52.0 Å². The van der Waals surface area contributed by atoms with E-state index in [0.717, 1.165) is 36.1 Å². The molecule has 2 saturated heterocycles. The summed E-state index contributed by atoms with van der Waals surface area (Å²) in [6.45, 7) is 4.08. The van der Waals surface area contributed by atoms with Crippen LogP contribution in [0.5, 0.6) is 0 Å². The summed E-state index contributed by atoms with van der Waals surface area (Å²) < 4.78 is 16.9. The second-order valence-electron chi connectivity index (χ2n) is 5.78. The molecule has 0 amide bonds. The average molecular weight is 260 g/mol. The van der Waals surface area contributed by atoms with Crippen molar-refractivity contribution in [2.24, 2.45) is 0 Å². The number of ether oxygens (including phenoxy) is 2. The molecule has 2 bridgehead atoms. The monoisotopic (exact) mass is 260 g/mol. The second-order valence-corrected chi connectivity index (χ2v) is 5.78. The molecular weight excluding hydrogens is 244 g/mol. The number of epoxide rings is 1. The van der Waals surface area contributed by atoms with E-state index in [1.165, 1.54) is 5.57 Å². The van der Waals surface area contributed by atoms with E-state index in [1.54, 1.807) is 6.26 Å². The van der Waals surface area contributed by atoms with Crippen molar-refractivity contribution < 1.29 is 18.7 Å². The summed E-state index contributed by atoms with van der Waals surface area (Å²) in [6.07, 6.45) is 5.84. The fraction of sp³-hybridized carbons (Fsp3) is 0.533. The molecule has 1 aliphatic carbocycles. The zero-order valence-corrected chi connectivity index (χ0v) is 11.1.